The Morgan fingerprint density at radius 1 is 1.16 bits per heavy atom. The van der Waals surface area contributed by atoms with Gasteiger partial charge in [0.2, 0.25) is 0 Å². The highest BCUT2D eigenvalue weighted by atomic mass is 35.5. The fourth-order valence-corrected chi connectivity index (χ4v) is 4.55. The van der Waals surface area contributed by atoms with Gasteiger partial charge in [-0.3, -0.25) is 14.9 Å². The number of halogens is 5. The molecule has 2 aromatic carbocycles. The SMILES string of the molecule is CC1CN(c2cnn(Cc3cccc(NC(=O)Nc4ccc(F)cc4[N+](=O)[O-])c3)c(=O)c2Cl)CC(C)N1.O=C(O)C(F)(F)F. The van der Waals surface area contributed by atoms with Crippen molar-refractivity contribution in [3.63, 3.8) is 0 Å². The number of piperazine rings is 1. The number of nitro groups is 1. The Labute approximate surface area is 251 Å². The van der Waals surface area contributed by atoms with E-state index in [4.69, 9.17) is 21.5 Å². The van der Waals surface area contributed by atoms with E-state index in [0.717, 1.165) is 18.2 Å². The van der Waals surface area contributed by atoms with Crippen molar-refractivity contribution < 1.29 is 37.2 Å². The first kappa shape index (κ1) is 33.7. The van der Waals surface area contributed by atoms with Gasteiger partial charge in [0.1, 0.15) is 16.5 Å². The van der Waals surface area contributed by atoms with Gasteiger partial charge in [-0.1, -0.05) is 23.7 Å². The van der Waals surface area contributed by atoms with Crippen molar-refractivity contribution in [2.45, 2.75) is 38.7 Å². The van der Waals surface area contributed by atoms with E-state index >= 15 is 0 Å². The number of anilines is 3. The molecule has 1 aliphatic heterocycles. The third-order valence-electron chi connectivity index (χ3n) is 6.03. The number of urea groups is 1. The van der Waals surface area contributed by atoms with Gasteiger partial charge in [-0.25, -0.2) is 18.7 Å². The number of carbonyl (C=O) groups excluding carboxylic acids is 1. The van der Waals surface area contributed by atoms with Crippen LogP contribution in [-0.4, -0.2) is 63.2 Å². The molecular formula is C26H26ClF4N7O6. The van der Waals surface area contributed by atoms with Crippen molar-refractivity contribution in [1.29, 1.82) is 0 Å². The van der Waals surface area contributed by atoms with E-state index in [9.17, 15) is 37.3 Å². The minimum Gasteiger partial charge on any atom is -0.475 e. The third kappa shape index (κ3) is 9.11. The van der Waals surface area contributed by atoms with Gasteiger partial charge in [0, 0.05) is 30.9 Å². The van der Waals surface area contributed by atoms with Gasteiger partial charge in [0.25, 0.3) is 11.2 Å². The van der Waals surface area contributed by atoms with Crippen LogP contribution in [0.1, 0.15) is 19.4 Å². The lowest BCUT2D eigenvalue weighted by atomic mass is 10.1. The fourth-order valence-electron chi connectivity index (χ4n) is 4.28. The van der Waals surface area contributed by atoms with Crippen LogP contribution in [0.3, 0.4) is 0 Å². The van der Waals surface area contributed by atoms with Gasteiger partial charge in [0.05, 0.1) is 29.4 Å². The minimum atomic E-state index is -5.08. The smallest absolute Gasteiger partial charge is 0.475 e. The third-order valence-corrected chi connectivity index (χ3v) is 6.38. The first-order valence-corrected chi connectivity index (χ1v) is 13.1. The Bertz CT molecular complexity index is 1590. The maximum Gasteiger partial charge on any atom is 0.490 e. The monoisotopic (exact) mass is 643 g/mol. The van der Waals surface area contributed by atoms with Crippen molar-refractivity contribution in [3.8, 4) is 0 Å². The summed E-state index contributed by atoms with van der Waals surface area (Å²) in [6.45, 7) is 5.63. The Morgan fingerprint density at radius 3 is 2.39 bits per heavy atom. The van der Waals surface area contributed by atoms with Crippen LogP contribution in [0.5, 0.6) is 0 Å². The molecule has 2 atom stereocenters. The summed E-state index contributed by atoms with van der Waals surface area (Å²) in [5.41, 5.74) is 0.466. The molecular weight excluding hydrogens is 618 g/mol. The molecule has 1 aromatic heterocycles. The predicted octanol–water partition coefficient (Wildman–Crippen LogP) is 4.46. The molecule has 0 spiro atoms. The largest absolute Gasteiger partial charge is 0.490 e. The van der Waals surface area contributed by atoms with Gasteiger partial charge in [-0.15, -0.1) is 0 Å². The zero-order valence-corrected chi connectivity index (χ0v) is 23.8. The summed E-state index contributed by atoms with van der Waals surface area (Å²) >= 11 is 6.44. The van der Waals surface area contributed by atoms with Crippen LogP contribution in [-0.2, 0) is 11.3 Å². The number of benzene rings is 2. The molecule has 2 amide bonds. The second kappa shape index (κ2) is 14.1. The van der Waals surface area contributed by atoms with E-state index in [0.29, 0.717) is 30.0 Å². The van der Waals surface area contributed by atoms with Crippen LogP contribution in [0.15, 0.2) is 53.5 Å². The van der Waals surface area contributed by atoms with E-state index < -0.39 is 40.2 Å². The van der Waals surface area contributed by atoms with Crippen LogP contribution in [0.4, 0.5) is 45.1 Å². The lowest BCUT2D eigenvalue weighted by molar-refractivity contribution is -0.384. The summed E-state index contributed by atoms with van der Waals surface area (Å²) in [6.07, 6.45) is -3.50. The number of rotatable bonds is 6. The summed E-state index contributed by atoms with van der Waals surface area (Å²) in [7, 11) is 0. The number of hydrogen-bond donors (Lipinski definition) is 4. The highest BCUT2D eigenvalue weighted by Gasteiger charge is 2.38. The number of nitrogens with zero attached hydrogens (tertiary/aromatic N) is 4. The zero-order chi connectivity index (χ0) is 32.8. The molecule has 18 heteroatoms. The van der Waals surface area contributed by atoms with Crippen molar-refractivity contribution in [3.05, 3.63) is 85.5 Å². The van der Waals surface area contributed by atoms with Crippen LogP contribution < -0.4 is 26.4 Å². The molecule has 1 saturated heterocycles. The molecule has 1 aliphatic rings. The lowest BCUT2D eigenvalue weighted by Gasteiger charge is -2.37. The molecule has 0 radical (unpaired) electrons. The average molecular weight is 644 g/mol. The van der Waals surface area contributed by atoms with E-state index in [1.165, 1.54) is 4.68 Å². The maximum atomic E-state index is 13.3. The van der Waals surface area contributed by atoms with Crippen molar-refractivity contribution in [1.82, 2.24) is 15.1 Å². The number of nitrogens with one attached hydrogen (secondary N) is 3. The Kier molecular flexibility index (Phi) is 10.8. The van der Waals surface area contributed by atoms with Crippen LogP contribution in [0.2, 0.25) is 5.02 Å². The summed E-state index contributed by atoms with van der Waals surface area (Å²) in [5, 5.41) is 31.0. The van der Waals surface area contributed by atoms with Crippen molar-refractivity contribution >= 4 is 46.4 Å². The minimum absolute atomic E-state index is 0.0887. The first-order valence-electron chi connectivity index (χ1n) is 12.7. The number of nitro benzene ring substituents is 1. The quantitative estimate of drug-likeness (QED) is 0.172. The molecule has 13 nitrogen and oxygen atoms in total. The summed E-state index contributed by atoms with van der Waals surface area (Å²) in [4.78, 5) is 46.6. The van der Waals surface area contributed by atoms with Gasteiger partial charge in [-0.2, -0.15) is 18.3 Å². The number of carboxylic acid groups (broad SMARTS) is 1. The fraction of sp³-hybridized carbons (Fsp3) is 0.308. The molecule has 3 aromatic rings. The van der Waals surface area contributed by atoms with Crippen LogP contribution in [0.25, 0.3) is 0 Å². The molecule has 0 saturated carbocycles. The van der Waals surface area contributed by atoms with E-state index in [1.54, 1.807) is 30.5 Å². The molecule has 0 bridgehead atoms. The number of aliphatic carboxylic acids is 1. The maximum absolute atomic E-state index is 13.3. The molecule has 2 unspecified atom stereocenters. The number of amides is 2. The normalized spacial score (nSPS) is 16.4. The molecule has 2 heterocycles. The summed E-state index contributed by atoms with van der Waals surface area (Å²) in [6, 6.07) is 9.24. The van der Waals surface area contributed by atoms with E-state index in [-0.39, 0.29) is 29.3 Å². The van der Waals surface area contributed by atoms with Crippen LogP contribution in [0, 0.1) is 15.9 Å². The first-order chi connectivity index (χ1) is 20.5. The number of alkyl halides is 3. The number of aromatic nitrogens is 2. The Balaban J connectivity index is 0.000000676. The molecule has 44 heavy (non-hydrogen) atoms. The number of carbonyl (C=O) groups is 2. The summed E-state index contributed by atoms with van der Waals surface area (Å²) in [5.74, 6) is -3.55. The summed E-state index contributed by atoms with van der Waals surface area (Å²) < 4.78 is 46.3. The van der Waals surface area contributed by atoms with E-state index in [1.807, 2.05) is 4.90 Å². The molecule has 0 aliphatic carbocycles. The van der Waals surface area contributed by atoms with Crippen LogP contribution >= 0.6 is 11.6 Å². The Hall–Kier alpha value is -4.77. The van der Waals surface area contributed by atoms with Gasteiger partial charge < -0.3 is 26.0 Å². The van der Waals surface area contributed by atoms with Gasteiger partial charge >= 0.3 is 18.2 Å². The predicted molar refractivity (Wildman–Crippen MR) is 153 cm³/mol. The highest BCUT2D eigenvalue weighted by Crippen LogP contribution is 2.26. The van der Waals surface area contributed by atoms with Crippen molar-refractivity contribution in [2.24, 2.45) is 0 Å². The van der Waals surface area contributed by atoms with E-state index in [2.05, 4.69) is 34.9 Å². The molecule has 4 N–H and O–H groups in total. The van der Waals surface area contributed by atoms with Gasteiger partial charge in [0.15, 0.2) is 0 Å². The second-order valence-electron chi connectivity index (χ2n) is 9.68. The standard InChI is InChI=1S/C24H25ClFN7O4.C2HF3O2/c1-14-11-31(12-15(2)28-14)21-10-27-32(23(34)22(21)25)13-16-4-3-5-18(8-16)29-24(35)30-19-7-6-17(26)9-20(19)33(36)37;3-2(4,5)1(6)7/h3-10,14-15,28H,11-13H2,1-2H3,(H2,29,30,35);(H,6,7). The topological polar surface area (TPSA) is 172 Å². The second-order valence-corrected chi connectivity index (χ2v) is 10.1. The average Bonchev–Trinajstić information content (AvgIpc) is 2.91. The zero-order valence-electron chi connectivity index (χ0n) is 23.1. The molecule has 236 valence electrons. The molecule has 4 rings (SSSR count). The molecule has 1 fully saturated rings. The number of carboxylic acids is 1. The number of hydrogen-bond acceptors (Lipinski definition) is 8. The van der Waals surface area contributed by atoms with Crippen molar-refractivity contribution in [2.75, 3.05) is 28.6 Å². The van der Waals surface area contributed by atoms with Gasteiger partial charge in [-0.05, 0) is 43.7 Å². The lowest BCUT2D eigenvalue weighted by Crippen LogP contribution is -2.54. The highest BCUT2D eigenvalue weighted by molar-refractivity contribution is 6.33. The Morgan fingerprint density at radius 2 is 1.80 bits per heavy atom.